The molecule has 178 valence electrons. The molecule has 0 unspecified atom stereocenters. The van der Waals surface area contributed by atoms with Gasteiger partial charge in [-0.05, 0) is 49.2 Å². The number of sulfonamides is 1. The van der Waals surface area contributed by atoms with Gasteiger partial charge < -0.3 is 15.4 Å². The van der Waals surface area contributed by atoms with E-state index < -0.39 is 21.8 Å². The van der Waals surface area contributed by atoms with E-state index in [4.69, 9.17) is 4.74 Å². The van der Waals surface area contributed by atoms with Gasteiger partial charge in [-0.25, -0.2) is 8.42 Å². The molecule has 0 aliphatic carbocycles. The smallest absolute Gasteiger partial charge is 0.261 e. The number of methoxy groups -OCH3 is 1. The van der Waals surface area contributed by atoms with Crippen molar-refractivity contribution in [1.29, 1.82) is 0 Å². The van der Waals surface area contributed by atoms with E-state index in [2.05, 4.69) is 15.4 Å². The van der Waals surface area contributed by atoms with E-state index in [1.54, 1.807) is 25.1 Å². The minimum absolute atomic E-state index is 0.0964. The summed E-state index contributed by atoms with van der Waals surface area (Å²) in [6.07, 6.45) is 0.648. The Kier molecular flexibility index (Phi) is 8.26. The average molecular weight is 482 g/mol. The number of para-hydroxylation sites is 1. The number of benzene rings is 3. The van der Waals surface area contributed by atoms with Gasteiger partial charge in [0.15, 0.2) is 0 Å². The van der Waals surface area contributed by atoms with Crippen LogP contribution < -0.4 is 20.1 Å². The summed E-state index contributed by atoms with van der Waals surface area (Å²) in [5, 5.41) is 5.46. The molecule has 3 N–H and O–H groups in total. The van der Waals surface area contributed by atoms with Crippen LogP contribution in [-0.2, 0) is 16.4 Å². The molecule has 3 rings (SSSR count). The molecule has 9 heteroatoms. The lowest BCUT2D eigenvalue weighted by Gasteiger charge is -2.14. The normalized spacial score (nSPS) is 10.9. The van der Waals surface area contributed by atoms with Crippen molar-refractivity contribution < 1.29 is 22.7 Å². The first kappa shape index (κ1) is 24.8. The molecule has 8 nitrogen and oxygen atoms in total. The quantitative estimate of drug-likeness (QED) is 0.412. The van der Waals surface area contributed by atoms with Gasteiger partial charge in [0.05, 0.1) is 28.8 Å². The van der Waals surface area contributed by atoms with Gasteiger partial charge in [0.1, 0.15) is 5.75 Å². The van der Waals surface area contributed by atoms with Crippen LogP contribution in [0.3, 0.4) is 0 Å². The minimum Gasteiger partial charge on any atom is -0.496 e. The highest BCUT2D eigenvalue weighted by molar-refractivity contribution is 7.92. The first-order valence-corrected chi connectivity index (χ1v) is 12.2. The van der Waals surface area contributed by atoms with Crippen LogP contribution >= 0.6 is 0 Å². The highest BCUT2D eigenvalue weighted by Gasteiger charge is 2.22. The van der Waals surface area contributed by atoms with Crippen LogP contribution in [0.15, 0.2) is 77.7 Å². The molecule has 0 heterocycles. The van der Waals surface area contributed by atoms with Crippen molar-refractivity contribution >= 4 is 27.5 Å². The lowest BCUT2D eigenvalue weighted by atomic mass is 10.1. The van der Waals surface area contributed by atoms with Crippen molar-refractivity contribution in [2.24, 2.45) is 0 Å². The number of carbonyl (C=O) groups is 2. The van der Waals surface area contributed by atoms with Crippen molar-refractivity contribution in [1.82, 2.24) is 10.6 Å². The SMILES string of the molecule is CCNC(=O)c1cc(S(=O)(=O)Nc2ccccc2C(=O)NCCc2ccccc2)ccc1OC. The molecule has 0 saturated heterocycles. The molecule has 0 saturated carbocycles. The molecule has 0 fully saturated rings. The van der Waals surface area contributed by atoms with Crippen molar-refractivity contribution in [2.45, 2.75) is 18.2 Å². The number of hydrogen-bond acceptors (Lipinski definition) is 5. The summed E-state index contributed by atoms with van der Waals surface area (Å²) in [6, 6.07) is 20.1. The molecule has 0 spiro atoms. The summed E-state index contributed by atoms with van der Waals surface area (Å²) in [4.78, 5) is 25.0. The Bertz CT molecular complexity index is 1260. The topological polar surface area (TPSA) is 114 Å². The molecule has 0 aliphatic heterocycles. The van der Waals surface area contributed by atoms with Crippen molar-refractivity contribution in [3.05, 3.63) is 89.5 Å². The Hall–Kier alpha value is -3.85. The molecule has 0 aliphatic rings. The number of ether oxygens (including phenoxy) is 1. The van der Waals surface area contributed by atoms with Gasteiger partial charge in [-0.3, -0.25) is 14.3 Å². The molecular weight excluding hydrogens is 454 g/mol. The van der Waals surface area contributed by atoms with Gasteiger partial charge in [-0.15, -0.1) is 0 Å². The summed E-state index contributed by atoms with van der Waals surface area (Å²) < 4.78 is 33.8. The fraction of sp³-hybridized carbons (Fsp3) is 0.200. The molecule has 2 amide bonds. The number of anilines is 1. The standard InChI is InChI=1S/C25H27N3O5S/c1-3-26-25(30)21-17-19(13-14-23(21)33-2)34(31,32)28-22-12-8-7-11-20(22)24(29)27-16-15-18-9-5-4-6-10-18/h4-14,17,28H,3,15-16H2,1-2H3,(H,26,30)(H,27,29). The number of amides is 2. The Labute approximate surface area is 199 Å². The summed E-state index contributed by atoms with van der Waals surface area (Å²) in [7, 11) is -2.69. The number of hydrogen-bond donors (Lipinski definition) is 3. The van der Waals surface area contributed by atoms with Crippen LogP contribution in [0.1, 0.15) is 33.2 Å². The fourth-order valence-corrected chi connectivity index (χ4v) is 4.43. The van der Waals surface area contributed by atoms with E-state index >= 15 is 0 Å². The molecule has 0 atom stereocenters. The zero-order valence-corrected chi connectivity index (χ0v) is 19.8. The van der Waals surface area contributed by atoms with E-state index in [1.807, 2.05) is 30.3 Å². The molecule has 0 aromatic heterocycles. The van der Waals surface area contributed by atoms with Gasteiger partial charge in [0.25, 0.3) is 21.8 Å². The number of rotatable bonds is 10. The Balaban J connectivity index is 1.79. The van der Waals surface area contributed by atoms with Crippen molar-refractivity contribution in [2.75, 3.05) is 24.9 Å². The molecule has 34 heavy (non-hydrogen) atoms. The third kappa shape index (κ3) is 6.14. The predicted octanol–water partition coefficient (Wildman–Crippen LogP) is 3.22. The first-order valence-electron chi connectivity index (χ1n) is 10.8. The number of carbonyl (C=O) groups excluding carboxylic acids is 2. The third-order valence-electron chi connectivity index (χ3n) is 5.02. The highest BCUT2D eigenvalue weighted by atomic mass is 32.2. The van der Waals surface area contributed by atoms with E-state index in [0.717, 1.165) is 5.56 Å². The highest BCUT2D eigenvalue weighted by Crippen LogP contribution is 2.25. The third-order valence-corrected chi connectivity index (χ3v) is 6.38. The number of nitrogens with one attached hydrogen (secondary N) is 3. The Morgan fingerprint density at radius 1 is 0.853 bits per heavy atom. The second kappa shape index (κ2) is 11.3. The second-order valence-electron chi connectivity index (χ2n) is 7.36. The monoisotopic (exact) mass is 481 g/mol. The van der Waals surface area contributed by atoms with Gasteiger partial charge in [0, 0.05) is 13.1 Å². The maximum atomic E-state index is 13.1. The lowest BCUT2D eigenvalue weighted by Crippen LogP contribution is -2.27. The lowest BCUT2D eigenvalue weighted by molar-refractivity contribution is 0.0945. The summed E-state index contributed by atoms with van der Waals surface area (Å²) >= 11 is 0. The van der Waals surface area contributed by atoms with Crippen molar-refractivity contribution in [3.63, 3.8) is 0 Å². The maximum Gasteiger partial charge on any atom is 0.261 e. The fourth-order valence-electron chi connectivity index (χ4n) is 3.32. The van der Waals surface area contributed by atoms with E-state index in [-0.39, 0.29) is 27.5 Å². The first-order chi connectivity index (χ1) is 16.4. The van der Waals surface area contributed by atoms with Crippen LogP contribution in [-0.4, -0.2) is 40.4 Å². The largest absolute Gasteiger partial charge is 0.496 e. The second-order valence-corrected chi connectivity index (χ2v) is 9.05. The van der Waals surface area contributed by atoms with Gasteiger partial charge in [-0.1, -0.05) is 42.5 Å². The summed E-state index contributed by atoms with van der Waals surface area (Å²) in [5.41, 5.74) is 1.50. The van der Waals surface area contributed by atoms with Crippen LogP contribution in [0.25, 0.3) is 0 Å². The van der Waals surface area contributed by atoms with Crippen molar-refractivity contribution in [3.8, 4) is 5.75 Å². The predicted molar refractivity (Wildman–Crippen MR) is 131 cm³/mol. The van der Waals surface area contributed by atoms with Gasteiger partial charge >= 0.3 is 0 Å². The zero-order chi connectivity index (χ0) is 24.6. The molecule has 3 aromatic carbocycles. The maximum absolute atomic E-state index is 13.1. The molecule has 0 bridgehead atoms. The zero-order valence-electron chi connectivity index (χ0n) is 19.0. The Morgan fingerprint density at radius 3 is 2.24 bits per heavy atom. The molecule has 0 radical (unpaired) electrons. The van der Waals surface area contributed by atoms with Crippen LogP contribution in [0.4, 0.5) is 5.69 Å². The summed E-state index contributed by atoms with van der Waals surface area (Å²) in [6.45, 7) is 2.54. The van der Waals surface area contributed by atoms with Gasteiger partial charge in [-0.2, -0.15) is 0 Å². The minimum atomic E-state index is -4.09. The van der Waals surface area contributed by atoms with E-state index in [0.29, 0.717) is 19.5 Å². The van der Waals surface area contributed by atoms with Crippen LogP contribution in [0.5, 0.6) is 5.75 Å². The van der Waals surface area contributed by atoms with Crippen LogP contribution in [0, 0.1) is 0 Å². The molecule has 3 aromatic rings. The molecular formula is C25H27N3O5S. The van der Waals surface area contributed by atoms with E-state index in [1.165, 1.54) is 31.4 Å². The van der Waals surface area contributed by atoms with Gasteiger partial charge in [0.2, 0.25) is 0 Å². The van der Waals surface area contributed by atoms with Crippen LogP contribution in [0.2, 0.25) is 0 Å². The average Bonchev–Trinajstić information content (AvgIpc) is 2.84. The Morgan fingerprint density at radius 2 is 1.53 bits per heavy atom. The van der Waals surface area contributed by atoms with E-state index in [9.17, 15) is 18.0 Å². The summed E-state index contributed by atoms with van der Waals surface area (Å²) in [5.74, 6) is -0.593.